The van der Waals surface area contributed by atoms with Crippen LogP contribution in [-0.2, 0) is 19.3 Å². The van der Waals surface area contributed by atoms with Gasteiger partial charge in [-0.2, -0.15) is 0 Å². The van der Waals surface area contributed by atoms with E-state index in [1.165, 1.54) is 68.2 Å². The monoisotopic (exact) mass is 336 g/mol. The second-order valence-corrected chi connectivity index (χ2v) is 7.73. The van der Waals surface area contributed by atoms with Crippen LogP contribution in [0, 0.1) is 5.92 Å². The van der Waals surface area contributed by atoms with Gasteiger partial charge in [0, 0.05) is 17.5 Å². The Morgan fingerprint density at radius 2 is 1.76 bits per heavy atom. The molecule has 2 heteroatoms. The highest BCUT2D eigenvalue weighted by Gasteiger charge is 2.17. The van der Waals surface area contributed by atoms with Crippen LogP contribution >= 0.6 is 0 Å². The van der Waals surface area contributed by atoms with E-state index in [1.807, 2.05) is 0 Å². The van der Waals surface area contributed by atoms with Crippen LogP contribution in [0.15, 0.2) is 30.5 Å². The molecule has 0 N–H and O–H groups in total. The molecule has 0 bridgehead atoms. The second-order valence-electron chi connectivity index (χ2n) is 7.73. The fraction of sp³-hybridized carbons (Fsp3) is 0.565. The summed E-state index contributed by atoms with van der Waals surface area (Å²) in [5.74, 6) is 1.66. The second kappa shape index (κ2) is 9.12. The van der Waals surface area contributed by atoms with Crippen LogP contribution in [0.25, 0.3) is 11.4 Å². The van der Waals surface area contributed by atoms with Crippen LogP contribution in [0.4, 0.5) is 0 Å². The molecule has 2 aromatic rings. The summed E-state index contributed by atoms with van der Waals surface area (Å²) in [4.78, 5) is 9.46. The number of fused-ring (bicyclic) bond motifs is 1. The van der Waals surface area contributed by atoms with Crippen LogP contribution < -0.4 is 0 Å². The van der Waals surface area contributed by atoms with Gasteiger partial charge in [-0.3, -0.25) is 0 Å². The summed E-state index contributed by atoms with van der Waals surface area (Å²) in [7, 11) is 0. The lowest BCUT2D eigenvalue weighted by atomic mass is 9.89. The van der Waals surface area contributed by atoms with Gasteiger partial charge in [0.25, 0.3) is 0 Å². The fourth-order valence-corrected chi connectivity index (χ4v) is 3.76. The van der Waals surface area contributed by atoms with Crippen molar-refractivity contribution in [2.75, 3.05) is 0 Å². The summed E-state index contributed by atoms with van der Waals surface area (Å²) >= 11 is 0. The van der Waals surface area contributed by atoms with Crippen molar-refractivity contribution in [2.45, 2.75) is 78.1 Å². The topological polar surface area (TPSA) is 25.8 Å². The molecule has 0 radical (unpaired) electrons. The Hall–Kier alpha value is -1.70. The maximum Gasteiger partial charge on any atom is 0.159 e. The molecule has 0 saturated carbocycles. The first-order valence-electron chi connectivity index (χ1n) is 10.2. The molecule has 1 aromatic heterocycles. The molecule has 0 amide bonds. The highest BCUT2D eigenvalue weighted by Crippen LogP contribution is 2.25. The molecule has 3 rings (SSSR count). The quantitative estimate of drug-likeness (QED) is 0.539. The van der Waals surface area contributed by atoms with E-state index in [1.54, 1.807) is 0 Å². The molecule has 0 fully saturated rings. The van der Waals surface area contributed by atoms with E-state index in [0.29, 0.717) is 0 Å². The molecular formula is C23H32N2. The van der Waals surface area contributed by atoms with E-state index in [4.69, 9.17) is 4.98 Å². The fourth-order valence-electron chi connectivity index (χ4n) is 3.76. The Morgan fingerprint density at radius 3 is 2.56 bits per heavy atom. The molecule has 1 aliphatic rings. The number of rotatable bonds is 8. The predicted molar refractivity (Wildman–Crippen MR) is 106 cm³/mol. The van der Waals surface area contributed by atoms with Crippen LogP contribution in [0.5, 0.6) is 0 Å². The van der Waals surface area contributed by atoms with Crippen molar-refractivity contribution in [3.63, 3.8) is 0 Å². The Bertz CT molecular complexity index is 660. The Kier molecular flexibility index (Phi) is 6.61. The van der Waals surface area contributed by atoms with E-state index in [-0.39, 0.29) is 0 Å². The summed E-state index contributed by atoms with van der Waals surface area (Å²) in [6.45, 7) is 4.59. The van der Waals surface area contributed by atoms with Gasteiger partial charge in [-0.25, -0.2) is 9.97 Å². The third-order valence-electron chi connectivity index (χ3n) is 5.43. The van der Waals surface area contributed by atoms with E-state index < -0.39 is 0 Å². The lowest BCUT2D eigenvalue weighted by Crippen LogP contribution is -2.14. The van der Waals surface area contributed by atoms with Crippen LogP contribution in [0.2, 0.25) is 0 Å². The summed E-state index contributed by atoms with van der Waals surface area (Å²) in [5.41, 5.74) is 5.19. The van der Waals surface area contributed by atoms with Gasteiger partial charge in [-0.1, -0.05) is 70.2 Å². The largest absolute Gasteiger partial charge is 0.236 e. The van der Waals surface area contributed by atoms with Gasteiger partial charge >= 0.3 is 0 Å². The number of nitrogens with zero attached hydrogens (tertiary/aromatic N) is 2. The zero-order chi connectivity index (χ0) is 17.5. The third kappa shape index (κ3) is 5.14. The van der Waals surface area contributed by atoms with Crippen molar-refractivity contribution >= 4 is 0 Å². The van der Waals surface area contributed by atoms with E-state index in [9.17, 15) is 0 Å². The number of benzene rings is 1. The lowest BCUT2D eigenvalue weighted by Gasteiger charge is -2.20. The number of aromatic nitrogens is 2. The zero-order valence-corrected chi connectivity index (χ0v) is 15.9. The first-order valence-corrected chi connectivity index (χ1v) is 10.2. The van der Waals surface area contributed by atoms with Gasteiger partial charge in [-0.15, -0.1) is 0 Å². The van der Waals surface area contributed by atoms with Gasteiger partial charge < -0.3 is 0 Å². The standard InChI is InChI=1S/C23H32N2/c1-3-4-5-6-7-8-9-19-11-13-20(14-12-19)23-24-17-21-16-18(2)10-15-22(21)25-23/h11-14,17-18H,3-10,15-16H2,1-2H3. The first kappa shape index (κ1) is 18.1. The normalized spacial score (nSPS) is 16.6. The lowest BCUT2D eigenvalue weighted by molar-refractivity contribution is 0.492. The predicted octanol–water partition coefficient (Wildman–Crippen LogP) is 6.17. The highest BCUT2D eigenvalue weighted by molar-refractivity contribution is 5.55. The van der Waals surface area contributed by atoms with Gasteiger partial charge in [0.2, 0.25) is 0 Å². The average Bonchev–Trinajstić information content (AvgIpc) is 2.64. The van der Waals surface area contributed by atoms with Crippen molar-refractivity contribution in [2.24, 2.45) is 5.92 Å². The van der Waals surface area contributed by atoms with Crippen molar-refractivity contribution in [3.05, 3.63) is 47.3 Å². The van der Waals surface area contributed by atoms with Crippen molar-refractivity contribution in [1.29, 1.82) is 0 Å². The van der Waals surface area contributed by atoms with Crippen molar-refractivity contribution in [1.82, 2.24) is 9.97 Å². The molecule has 0 spiro atoms. The van der Waals surface area contributed by atoms with Crippen LogP contribution in [0.3, 0.4) is 0 Å². The minimum atomic E-state index is 0.767. The van der Waals surface area contributed by atoms with Gasteiger partial charge in [0.05, 0.1) is 0 Å². The molecule has 1 unspecified atom stereocenters. The molecular weight excluding hydrogens is 304 g/mol. The zero-order valence-electron chi connectivity index (χ0n) is 15.9. The molecule has 25 heavy (non-hydrogen) atoms. The Labute approximate surface area is 153 Å². The first-order chi connectivity index (χ1) is 12.3. The van der Waals surface area contributed by atoms with Crippen LogP contribution in [0.1, 0.15) is 75.6 Å². The molecule has 134 valence electrons. The SMILES string of the molecule is CCCCCCCCc1ccc(-c2ncc3c(n2)CCC(C)C3)cc1. The number of hydrogen-bond donors (Lipinski definition) is 0. The minimum absolute atomic E-state index is 0.767. The highest BCUT2D eigenvalue weighted by atomic mass is 14.9. The van der Waals surface area contributed by atoms with Gasteiger partial charge in [0.15, 0.2) is 5.82 Å². The number of hydrogen-bond acceptors (Lipinski definition) is 2. The maximum absolute atomic E-state index is 4.84. The third-order valence-corrected chi connectivity index (χ3v) is 5.43. The van der Waals surface area contributed by atoms with E-state index in [0.717, 1.165) is 30.1 Å². The number of aryl methyl sites for hydroxylation is 2. The molecule has 0 aliphatic heterocycles. The minimum Gasteiger partial charge on any atom is -0.236 e. The summed E-state index contributed by atoms with van der Waals surface area (Å²) in [6.07, 6.45) is 14.9. The van der Waals surface area contributed by atoms with E-state index >= 15 is 0 Å². The van der Waals surface area contributed by atoms with Crippen LogP contribution in [-0.4, -0.2) is 9.97 Å². The number of unbranched alkanes of at least 4 members (excludes halogenated alkanes) is 5. The summed E-state index contributed by atoms with van der Waals surface area (Å²) in [5, 5.41) is 0. The molecule has 1 atom stereocenters. The Morgan fingerprint density at radius 1 is 1.00 bits per heavy atom. The maximum atomic E-state index is 4.84. The van der Waals surface area contributed by atoms with Gasteiger partial charge in [-0.05, 0) is 49.1 Å². The summed E-state index contributed by atoms with van der Waals surface area (Å²) < 4.78 is 0. The summed E-state index contributed by atoms with van der Waals surface area (Å²) in [6, 6.07) is 8.90. The molecule has 2 nitrogen and oxygen atoms in total. The van der Waals surface area contributed by atoms with Crippen molar-refractivity contribution in [3.8, 4) is 11.4 Å². The molecule has 1 aliphatic carbocycles. The molecule has 1 aromatic carbocycles. The average molecular weight is 337 g/mol. The molecule has 1 heterocycles. The van der Waals surface area contributed by atoms with E-state index in [2.05, 4.69) is 49.3 Å². The van der Waals surface area contributed by atoms with Crippen molar-refractivity contribution < 1.29 is 0 Å². The van der Waals surface area contributed by atoms with Gasteiger partial charge in [0.1, 0.15) is 0 Å². The smallest absolute Gasteiger partial charge is 0.159 e. The molecule has 0 saturated heterocycles. The Balaban J connectivity index is 1.55.